The summed E-state index contributed by atoms with van der Waals surface area (Å²) < 4.78 is 0. The smallest absolute Gasteiger partial charge is 0.292 e. The molecule has 1 atom stereocenters. The predicted octanol–water partition coefficient (Wildman–Crippen LogP) is 3.27. The van der Waals surface area contributed by atoms with E-state index in [1.165, 1.54) is 6.07 Å². The Labute approximate surface area is 119 Å². The molecule has 110 valence electrons. The van der Waals surface area contributed by atoms with Crippen LogP contribution in [0.4, 0.5) is 11.4 Å². The minimum absolute atomic E-state index is 0.0935. The number of hydrogen-bond acceptors (Lipinski definition) is 4. The number of nitrogens with zero attached hydrogens (tertiary/aromatic N) is 2. The first kappa shape index (κ1) is 14.8. The Bertz CT molecular complexity index is 496. The number of aliphatic hydroxyl groups is 1. The molecule has 1 N–H and O–H groups in total. The first-order valence-electron chi connectivity index (χ1n) is 7.13. The Morgan fingerprint density at radius 3 is 2.50 bits per heavy atom. The Balaban J connectivity index is 2.40. The first-order valence-corrected chi connectivity index (χ1v) is 7.13. The fraction of sp³-hybridized carbons (Fsp3) is 0.600. The molecule has 0 saturated heterocycles. The van der Waals surface area contributed by atoms with Gasteiger partial charge < -0.3 is 10.0 Å². The van der Waals surface area contributed by atoms with Gasteiger partial charge in [0.25, 0.3) is 5.69 Å². The Morgan fingerprint density at radius 2 is 2.05 bits per heavy atom. The van der Waals surface area contributed by atoms with Crippen molar-refractivity contribution in [2.75, 3.05) is 11.4 Å². The van der Waals surface area contributed by atoms with E-state index in [2.05, 4.69) is 18.7 Å². The third kappa shape index (κ3) is 3.28. The summed E-state index contributed by atoms with van der Waals surface area (Å²) >= 11 is 0. The molecule has 0 spiro atoms. The van der Waals surface area contributed by atoms with Crippen molar-refractivity contribution in [3.63, 3.8) is 0 Å². The molecule has 0 aromatic heterocycles. The zero-order chi connectivity index (χ0) is 14.9. The summed E-state index contributed by atoms with van der Waals surface area (Å²) in [5.74, 6) is 0.451. The van der Waals surface area contributed by atoms with Crippen LogP contribution in [0.2, 0.25) is 0 Å². The van der Waals surface area contributed by atoms with E-state index in [0.717, 1.165) is 19.4 Å². The van der Waals surface area contributed by atoms with Gasteiger partial charge in [0.05, 0.1) is 11.0 Å². The lowest BCUT2D eigenvalue weighted by Gasteiger charge is -2.26. The molecular weight excluding hydrogens is 256 g/mol. The standard InChI is InChI=1S/C15H22N2O3/c1-10(2)9-16(13-5-6-13)14-7-4-12(11(3)18)8-15(14)17(19)20/h4,7-8,10-11,13,18H,5-6,9H2,1-3H3. The Morgan fingerprint density at radius 1 is 1.40 bits per heavy atom. The quantitative estimate of drug-likeness (QED) is 0.640. The molecule has 0 radical (unpaired) electrons. The first-order chi connectivity index (χ1) is 9.40. The van der Waals surface area contributed by atoms with Gasteiger partial charge in [-0.2, -0.15) is 0 Å². The molecule has 1 fully saturated rings. The van der Waals surface area contributed by atoms with Gasteiger partial charge in [0.15, 0.2) is 0 Å². The van der Waals surface area contributed by atoms with Gasteiger partial charge >= 0.3 is 0 Å². The fourth-order valence-electron chi connectivity index (χ4n) is 2.41. The Hall–Kier alpha value is -1.62. The third-order valence-corrected chi connectivity index (χ3v) is 3.54. The number of aliphatic hydroxyl groups excluding tert-OH is 1. The van der Waals surface area contributed by atoms with E-state index in [1.807, 2.05) is 0 Å². The maximum atomic E-state index is 11.3. The summed E-state index contributed by atoms with van der Waals surface area (Å²) in [4.78, 5) is 13.1. The SMILES string of the molecule is CC(C)CN(c1ccc(C(C)O)cc1[N+](=O)[O-])C1CC1. The van der Waals surface area contributed by atoms with Crippen molar-refractivity contribution in [2.45, 2.75) is 45.8 Å². The summed E-state index contributed by atoms with van der Waals surface area (Å²) in [5, 5.41) is 20.9. The van der Waals surface area contributed by atoms with Gasteiger partial charge in [-0.3, -0.25) is 10.1 Å². The van der Waals surface area contributed by atoms with Crippen molar-refractivity contribution in [3.05, 3.63) is 33.9 Å². The highest BCUT2D eigenvalue weighted by Gasteiger charge is 2.33. The summed E-state index contributed by atoms with van der Waals surface area (Å²) in [6.45, 7) is 6.67. The van der Waals surface area contributed by atoms with Gasteiger partial charge in [0.1, 0.15) is 5.69 Å². The summed E-state index contributed by atoms with van der Waals surface area (Å²) in [5.41, 5.74) is 1.35. The zero-order valence-corrected chi connectivity index (χ0v) is 12.2. The second-order valence-electron chi connectivity index (χ2n) is 5.96. The van der Waals surface area contributed by atoms with E-state index < -0.39 is 6.10 Å². The van der Waals surface area contributed by atoms with Gasteiger partial charge in [0.2, 0.25) is 0 Å². The molecule has 5 heteroatoms. The van der Waals surface area contributed by atoms with Crippen LogP contribution in [0.1, 0.15) is 45.3 Å². The molecule has 5 nitrogen and oxygen atoms in total. The molecule has 1 unspecified atom stereocenters. The molecule has 1 aliphatic rings. The molecule has 20 heavy (non-hydrogen) atoms. The third-order valence-electron chi connectivity index (χ3n) is 3.54. The molecule has 1 aromatic carbocycles. The van der Waals surface area contributed by atoms with Gasteiger partial charge in [-0.05, 0) is 37.3 Å². The number of nitro groups is 1. The highest BCUT2D eigenvalue weighted by atomic mass is 16.6. The van der Waals surface area contributed by atoms with Gasteiger partial charge in [-0.1, -0.05) is 19.9 Å². The monoisotopic (exact) mass is 278 g/mol. The minimum Gasteiger partial charge on any atom is -0.389 e. The van der Waals surface area contributed by atoms with Crippen LogP contribution in [0.3, 0.4) is 0 Å². The van der Waals surface area contributed by atoms with Crippen LogP contribution in [-0.4, -0.2) is 22.6 Å². The number of benzene rings is 1. The maximum absolute atomic E-state index is 11.3. The summed E-state index contributed by atoms with van der Waals surface area (Å²) in [6, 6.07) is 5.48. The molecule has 0 bridgehead atoms. The number of nitro benzene ring substituents is 1. The average Bonchev–Trinajstić information content (AvgIpc) is 3.19. The molecule has 2 rings (SSSR count). The second kappa shape index (κ2) is 5.79. The molecule has 0 heterocycles. The number of hydrogen-bond donors (Lipinski definition) is 1. The highest BCUT2D eigenvalue weighted by molar-refractivity contribution is 5.65. The van der Waals surface area contributed by atoms with Gasteiger partial charge in [-0.15, -0.1) is 0 Å². The number of rotatable bonds is 6. The lowest BCUT2D eigenvalue weighted by Crippen LogP contribution is -2.30. The number of anilines is 1. The van der Waals surface area contributed by atoms with Gasteiger partial charge in [0, 0.05) is 18.7 Å². The van der Waals surface area contributed by atoms with E-state index in [9.17, 15) is 15.2 Å². The van der Waals surface area contributed by atoms with Crippen LogP contribution >= 0.6 is 0 Å². The van der Waals surface area contributed by atoms with Crippen LogP contribution in [0.5, 0.6) is 0 Å². The minimum atomic E-state index is -0.692. The van der Waals surface area contributed by atoms with E-state index in [0.29, 0.717) is 23.2 Å². The van der Waals surface area contributed by atoms with Crippen LogP contribution in [-0.2, 0) is 0 Å². The summed E-state index contributed by atoms with van der Waals surface area (Å²) in [6.07, 6.45) is 1.51. The van der Waals surface area contributed by atoms with Gasteiger partial charge in [-0.25, -0.2) is 0 Å². The van der Waals surface area contributed by atoms with E-state index in [1.54, 1.807) is 19.1 Å². The van der Waals surface area contributed by atoms with Crippen LogP contribution in [0, 0.1) is 16.0 Å². The molecule has 0 aliphatic heterocycles. The summed E-state index contributed by atoms with van der Waals surface area (Å²) in [7, 11) is 0. The van der Waals surface area contributed by atoms with E-state index in [4.69, 9.17) is 0 Å². The Kier molecular flexibility index (Phi) is 4.28. The topological polar surface area (TPSA) is 66.6 Å². The molecule has 0 amide bonds. The fourth-order valence-corrected chi connectivity index (χ4v) is 2.41. The van der Waals surface area contributed by atoms with Crippen molar-refractivity contribution in [1.82, 2.24) is 0 Å². The van der Waals surface area contributed by atoms with Crippen molar-refractivity contribution in [3.8, 4) is 0 Å². The van der Waals surface area contributed by atoms with E-state index >= 15 is 0 Å². The predicted molar refractivity (Wildman–Crippen MR) is 78.9 cm³/mol. The largest absolute Gasteiger partial charge is 0.389 e. The normalized spacial score (nSPS) is 16.2. The second-order valence-corrected chi connectivity index (χ2v) is 5.96. The highest BCUT2D eigenvalue weighted by Crippen LogP contribution is 2.38. The van der Waals surface area contributed by atoms with E-state index in [-0.39, 0.29) is 10.6 Å². The molecular formula is C15H22N2O3. The maximum Gasteiger partial charge on any atom is 0.292 e. The van der Waals surface area contributed by atoms with Crippen molar-refractivity contribution < 1.29 is 10.0 Å². The lowest BCUT2D eigenvalue weighted by molar-refractivity contribution is -0.384. The van der Waals surface area contributed by atoms with Crippen LogP contribution in [0.15, 0.2) is 18.2 Å². The van der Waals surface area contributed by atoms with Crippen molar-refractivity contribution in [2.24, 2.45) is 5.92 Å². The van der Waals surface area contributed by atoms with Crippen molar-refractivity contribution in [1.29, 1.82) is 0 Å². The zero-order valence-electron chi connectivity index (χ0n) is 12.2. The van der Waals surface area contributed by atoms with Crippen molar-refractivity contribution >= 4 is 11.4 Å². The van der Waals surface area contributed by atoms with Crippen LogP contribution < -0.4 is 4.90 Å². The lowest BCUT2D eigenvalue weighted by atomic mass is 10.1. The average molecular weight is 278 g/mol. The molecule has 1 aliphatic carbocycles. The molecule has 1 saturated carbocycles. The van der Waals surface area contributed by atoms with Crippen LogP contribution in [0.25, 0.3) is 0 Å². The molecule has 1 aromatic rings.